The van der Waals surface area contributed by atoms with Crippen LogP contribution in [0, 0.1) is 5.41 Å². The summed E-state index contributed by atoms with van der Waals surface area (Å²) in [7, 11) is 1.68. The molecule has 1 aliphatic carbocycles. The number of urea groups is 1. The molecule has 4 amide bonds. The van der Waals surface area contributed by atoms with Crippen molar-refractivity contribution in [3.05, 3.63) is 17.5 Å². The second-order valence-electron chi connectivity index (χ2n) is 12.2. The lowest BCUT2D eigenvalue weighted by Crippen LogP contribution is -2.58. The Hall–Kier alpha value is -3.06. The predicted molar refractivity (Wildman–Crippen MR) is 129 cm³/mol. The first-order chi connectivity index (χ1) is 17.1. The number of alkyl carbamates (subject to hydrolysis) is 2. The molecule has 2 aliphatic heterocycles. The molecule has 4 rings (SSSR count). The third kappa shape index (κ3) is 6.09. The molecule has 2 saturated heterocycles. The summed E-state index contributed by atoms with van der Waals surface area (Å²) < 4.78 is 16.3. The lowest BCUT2D eigenvalue weighted by atomic mass is 9.84. The van der Waals surface area contributed by atoms with Crippen molar-refractivity contribution >= 4 is 18.2 Å². The van der Waals surface area contributed by atoms with Gasteiger partial charge in [-0.3, -0.25) is 20.7 Å². The van der Waals surface area contributed by atoms with Crippen molar-refractivity contribution in [3.63, 3.8) is 0 Å². The molecule has 3 heterocycles. The molecule has 2 atom stereocenters. The number of ether oxygens (including phenoxy) is 2. The van der Waals surface area contributed by atoms with Gasteiger partial charge in [-0.2, -0.15) is 0 Å². The highest BCUT2D eigenvalue weighted by Gasteiger charge is 2.63. The van der Waals surface area contributed by atoms with E-state index >= 15 is 0 Å². The van der Waals surface area contributed by atoms with Crippen molar-refractivity contribution in [2.75, 3.05) is 13.6 Å². The summed E-state index contributed by atoms with van der Waals surface area (Å²) in [6.45, 7) is 11.1. The first-order valence-electron chi connectivity index (χ1n) is 12.5. The Morgan fingerprint density at radius 3 is 2.27 bits per heavy atom. The van der Waals surface area contributed by atoms with Gasteiger partial charge in [-0.15, -0.1) is 0 Å². The van der Waals surface area contributed by atoms with Gasteiger partial charge >= 0.3 is 18.2 Å². The highest BCUT2D eigenvalue weighted by Crippen LogP contribution is 2.61. The highest BCUT2D eigenvalue weighted by molar-refractivity contribution is 5.77. The van der Waals surface area contributed by atoms with Gasteiger partial charge in [0.25, 0.3) is 0 Å². The molecular weight excluding hydrogens is 484 g/mol. The fraction of sp³-hybridized carbons (Fsp3) is 0.750. The quantitative estimate of drug-likeness (QED) is 0.378. The molecule has 1 spiro atoms. The van der Waals surface area contributed by atoms with Gasteiger partial charge in [-0.05, 0) is 73.3 Å². The van der Waals surface area contributed by atoms with Crippen LogP contribution in [0.2, 0.25) is 0 Å². The van der Waals surface area contributed by atoms with Crippen molar-refractivity contribution in [3.8, 4) is 0 Å². The van der Waals surface area contributed by atoms with Crippen LogP contribution >= 0.6 is 0 Å². The monoisotopic (exact) mass is 522 g/mol. The maximum Gasteiger partial charge on any atom is 0.410 e. The summed E-state index contributed by atoms with van der Waals surface area (Å²) in [6, 6.07) is 0.890. The minimum Gasteiger partial charge on any atom is -0.444 e. The number of piperidine rings is 1. The third-order valence-electron chi connectivity index (χ3n) is 6.75. The van der Waals surface area contributed by atoms with Gasteiger partial charge in [-0.1, -0.05) is 5.16 Å². The highest BCUT2D eigenvalue weighted by atomic mass is 16.6. The number of aromatic nitrogens is 1. The van der Waals surface area contributed by atoms with Gasteiger partial charge in [0.1, 0.15) is 16.9 Å². The van der Waals surface area contributed by atoms with Gasteiger partial charge in [0.05, 0.1) is 18.6 Å². The molecule has 3 fully saturated rings. The molecule has 3 aliphatic rings. The fourth-order valence-electron chi connectivity index (χ4n) is 4.91. The zero-order chi connectivity index (χ0) is 27.3. The molecule has 37 heavy (non-hydrogen) atoms. The van der Waals surface area contributed by atoms with Gasteiger partial charge in [0, 0.05) is 12.6 Å². The molecule has 1 saturated carbocycles. The molecule has 3 N–H and O–H groups in total. The van der Waals surface area contributed by atoms with Crippen LogP contribution < -0.4 is 10.6 Å². The number of carbonyl (C=O) groups excluding carboxylic acids is 3. The topological polar surface area (TPSA) is 150 Å². The van der Waals surface area contributed by atoms with Gasteiger partial charge in [0.15, 0.2) is 12.0 Å². The number of amides is 4. The Kier molecular flexibility index (Phi) is 6.82. The average Bonchev–Trinajstić information content (AvgIpc) is 3.25. The predicted octanol–water partition coefficient (Wildman–Crippen LogP) is 3.16. The van der Waals surface area contributed by atoms with Crippen molar-refractivity contribution in [1.29, 1.82) is 0 Å². The van der Waals surface area contributed by atoms with E-state index < -0.39 is 35.7 Å². The minimum atomic E-state index is -0.980. The maximum absolute atomic E-state index is 12.6. The second-order valence-corrected chi connectivity index (χ2v) is 12.2. The summed E-state index contributed by atoms with van der Waals surface area (Å²) in [4.78, 5) is 40.8. The van der Waals surface area contributed by atoms with E-state index in [4.69, 9.17) is 14.0 Å². The first kappa shape index (κ1) is 27.0. The van der Waals surface area contributed by atoms with Crippen LogP contribution in [0.5, 0.6) is 0 Å². The van der Waals surface area contributed by atoms with Gasteiger partial charge in [0.2, 0.25) is 0 Å². The number of hydroxylamine groups is 2. The molecule has 0 aromatic carbocycles. The standard InChI is InChI=1S/C24H38N6O7/c1-22(2,3)35-19(31)25-18(26-20(32)36-23(4,5)6)28(7)12-14-10-15(27-37-14)16-11-24(8-9-24)17-13-29(16)21(33)30(17)34/h10,16-18,34H,8-9,11-13H2,1-7H3,(H,25,31)(H,26,32)/t16-,17+/m0/s1. The summed E-state index contributed by atoms with van der Waals surface area (Å²) in [5, 5.41) is 20.6. The summed E-state index contributed by atoms with van der Waals surface area (Å²) in [6.07, 6.45) is 0.234. The Morgan fingerprint density at radius 2 is 1.76 bits per heavy atom. The normalized spacial score (nSPS) is 22.6. The molecule has 0 unspecified atom stereocenters. The van der Waals surface area contributed by atoms with Crippen LogP contribution in [-0.4, -0.2) is 80.6 Å². The molecule has 13 heteroatoms. The first-order valence-corrected chi connectivity index (χ1v) is 12.5. The third-order valence-corrected chi connectivity index (χ3v) is 6.75. The Balaban J connectivity index is 1.45. The molecule has 1 aromatic rings. The lowest BCUT2D eigenvalue weighted by molar-refractivity contribution is -0.0782. The number of nitrogens with zero attached hydrogens (tertiary/aromatic N) is 4. The number of carbonyl (C=O) groups is 3. The van der Waals surface area contributed by atoms with E-state index in [0.29, 0.717) is 24.4 Å². The summed E-state index contributed by atoms with van der Waals surface area (Å²) in [5.74, 6) is 0.471. The largest absolute Gasteiger partial charge is 0.444 e. The maximum atomic E-state index is 12.6. The molecule has 1 aromatic heterocycles. The van der Waals surface area contributed by atoms with Crippen molar-refractivity contribution in [2.24, 2.45) is 5.41 Å². The molecule has 0 radical (unpaired) electrons. The van der Waals surface area contributed by atoms with Crippen LogP contribution in [0.25, 0.3) is 0 Å². The van der Waals surface area contributed by atoms with Crippen LogP contribution in [0.15, 0.2) is 10.6 Å². The van der Waals surface area contributed by atoms with E-state index in [9.17, 15) is 19.6 Å². The van der Waals surface area contributed by atoms with Crippen molar-refractivity contribution in [2.45, 2.75) is 96.9 Å². The van der Waals surface area contributed by atoms with Gasteiger partial charge < -0.3 is 18.9 Å². The number of nitrogens with one attached hydrogen (secondary N) is 2. The smallest absolute Gasteiger partial charge is 0.410 e. The van der Waals surface area contributed by atoms with Crippen LogP contribution in [-0.2, 0) is 16.0 Å². The molecule has 2 bridgehead atoms. The van der Waals surface area contributed by atoms with E-state index in [1.54, 1.807) is 64.5 Å². The molecule has 206 valence electrons. The van der Waals surface area contributed by atoms with Gasteiger partial charge in [-0.25, -0.2) is 19.4 Å². The van der Waals surface area contributed by atoms with E-state index in [1.165, 1.54) is 0 Å². The lowest BCUT2D eigenvalue weighted by Gasteiger charge is -2.35. The SMILES string of the molecule is CN(Cc1cc([C@@H]2CC3(CC3)[C@H]3CN2C(=O)N3O)no1)C(NC(=O)OC(C)(C)C)NC(=O)OC(C)(C)C. The fourth-order valence-corrected chi connectivity index (χ4v) is 4.91. The van der Waals surface area contributed by atoms with Crippen molar-refractivity contribution in [1.82, 2.24) is 30.7 Å². The van der Waals surface area contributed by atoms with E-state index in [0.717, 1.165) is 17.9 Å². The van der Waals surface area contributed by atoms with E-state index in [1.807, 2.05) is 0 Å². The second kappa shape index (κ2) is 9.35. The summed E-state index contributed by atoms with van der Waals surface area (Å²) in [5.41, 5.74) is -0.923. The van der Waals surface area contributed by atoms with Crippen LogP contribution in [0.3, 0.4) is 0 Å². The number of rotatable bonds is 6. The average molecular weight is 523 g/mol. The van der Waals surface area contributed by atoms with Crippen LogP contribution in [0.4, 0.5) is 14.4 Å². The number of fused-ring (bicyclic) bond motifs is 3. The molecule has 13 nitrogen and oxygen atoms in total. The zero-order valence-corrected chi connectivity index (χ0v) is 22.5. The molecular formula is C24H38N6O7. The Bertz CT molecular complexity index is 1010. The Morgan fingerprint density at radius 1 is 1.19 bits per heavy atom. The summed E-state index contributed by atoms with van der Waals surface area (Å²) >= 11 is 0. The van der Waals surface area contributed by atoms with Crippen LogP contribution in [0.1, 0.15) is 78.3 Å². The zero-order valence-electron chi connectivity index (χ0n) is 22.5. The number of hydrogen-bond donors (Lipinski definition) is 3. The Labute approximate surface area is 216 Å². The van der Waals surface area contributed by atoms with Crippen molar-refractivity contribution < 1.29 is 33.6 Å². The minimum absolute atomic E-state index is 0.0717. The van der Waals surface area contributed by atoms with E-state index in [2.05, 4.69) is 15.8 Å². The number of hydrogen-bond acceptors (Lipinski definition) is 9. The van der Waals surface area contributed by atoms with E-state index in [-0.39, 0.29) is 24.0 Å².